The number of carbonyl (C=O) groups is 1. The summed E-state index contributed by atoms with van der Waals surface area (Å²) in [5.41, 5.74) is -1.35. The summed E-state index contributed by atoms with van der Waals surface area (Å²) in [4.78, 5) is 23.5. The highest BCUT2D eigenvalue weighted by molar-refractivity contribution is 5.91. The van der Waals surface area contributed by atoms with Crippen LogP contribution < -0.4 is 0 Å². The molecule has 2 aliphatic carbocycles. The quantitative estimate of drug-likeness (QED) is 0.434. The maximum absolute atomic E-state index is 12.2. The average Bonchev–Trinajstić information content (AvgIpc) is 2.79. The van der Waals surface area contributed by atoms with E-state index in [-0.39, 0.29) is 12.0 Å². The monoisotopic (exact) mass is 250 g/mol. The van der Waals surface area contributed by atoms with E-state index in [2.05, 4.69) is 0 Å². The van der Waals surface area contributed by atoms with Crippen molar-refractivity contribution >= 4 is 11.9 Å². The molecule has 98 valence electrons. The van der Waals surface area contributed by atoms with Crippen LogP contribution in [0.1, 0.15) is 27.2 Å². The standard InChI is InChI=1S/C14H18O4/c1-9(2)18-14(12(16)17-4)10-5-6-13(3,7-10)11(14)8-15/h5-6,9-10H,7H2,1-4H3. The van der Waals surface area contributed by atoms with Crippen molar-refractivity contribution in [1.29, 1.82) is 0 Å². The number of ether oxygens (including phenoxy) is 2. The molecule has 3 atom stereocenters. The third-order valence-corrected chi connectivity index (χ3v) is 3.82. The molecular formula is C14H18O4. The van der Waals surface area contributed by atoms with Crippen LogP contribution in [0.2, 0.25) is 0 Å². The number of carbonyl (C=O) groups excluding carboxylic acids is 2. The van der Waals surface area contributed by atoms with E-state index in [0.29, 0.717) is 12.0 Å². The molecule has 4 heteroatoms. The van der Waals surface area contributed by atoms with Crippen LogP contribution in [-0.4, -0.2) is 30.7 Å². The molecule has 1 fully saturated rings. The van der Waals surface area contributed by atoms with Crippen molar-refractivity contribution in [2.75, 3.05) is 7.11 Å². The van der Waals surface area contributed by atoms with Gasteiger partial charge in [0.15, 0.2) is 0 Å². The first kappa shape index (κ1) is 13.1. The fourth-order valence-corrected chi connectivity index (χ4v) is 3.16. The molecule has 2 rings (SSSR count). The highest BCUT2D eigenvalue weighted by atomic mass is 16.6. The molecule has 0 aromatic carbocycles. The maximum Gasteiger partial charge on any atom is 0.343 e. The normalized spacial score (nSPS) is 37.2. The minimum absolute atomic E-state index is 0.145. The number of hydrogen-bond acceptors (Lipinski definition) is 4. The number of fused-ring (bicyclic) bond motifs is 2. The molecule has 0 N–H and O–H groups in total. The largest absolute Gasteiger partial charge is 0.467 e. The summed E-state index contributed by atoms with van der Waals surface area (Å²) in [5.74, 6) is 1.29. The van der Waals surface area contributed by atoms with E-state index in [1.807, 2.05) is 38.9 Å². The van der Waals surface area contributed by atoms with Crippen LogP contribution in [0.15, 0.2) is 17.7 Å². The Bertz CT molecular complexity index is 458. The van der Waals surface area contributed by atoms with Gasteiger partial charge in [-0.1, -0.05) is 19.1 Å². The van der Waals surface area contributed by atoms with E-state index in [4.69, 9.17) is 9.47 Å². The number of rotatable bonds is 3. The molecule has 0 heterocycles. The Kier molecular flexibility index (Phi) is 2.96. The average molecular weight is 250 g/mol. The van der Waals surface area contributed by atoms with Gasteiger partial charge in [0.1, 0.15) is 5.94 Å². The minimum atomic E-state index is -1.28. The fraction of sp³-hybridized carbons (Fsp3) is 0.643. The molecular weight excluding hydrogens is 232 g/mol. The van der Waals surface area contributed by atoms with Gasteiger partial charge in [0.25, 0.3) is 0 Å². The van der Waals surface area contributed by atoms with Crippen molar-refractivity contribution < 1.29 is 19.1 Å². The lowest BCUT2D eigenvalue weighted by molar-refractivity contribution is -0.172. The smallest absolute Gasteiger partial charge is 0.343 e. The lowest BCUT2D eigenvalue weighted by Crippen LogP contribution is -2.50. The van der Waals surface area contributed by atoms with E-state index in [1.165, 1.54) is 7.11 Å². The van der Waals surface area contributed by atoms with Crippen molar-refractivity contribution in [3.63, 3.8) is 0 Å². The molecule has 1 saturated carbocycles. The molecule has 0 aromatic heterocycles. The van der Waals surface area contributed by atoms with Crippen molar-refractivity contribution in [2.45, 2.75) is 38.9 Å². The third kappa shape index (κ3) is 1.49. The van der Waals surface area contributed by atoms with Gasteiger partial charge in [0.05, 0.1) is 18.8 Å². The molecule has 0 aromatic rings. The molecule has 0 spiro atoms. The van der Waals surface area contributed by atoms with Crippen LogP contribution in [0.3, 0.4) is 0 Å². The van der Waals surface area contributed by atoms with Crippen molar-refractivity contribution in [3.8, 4) is 0 Å². The second-order valence-corrected chi connectivity index (χ2v) is 5.46. The summed E-state index contributed by atoms with van der Waals surface area (Å²) in [5, 5.41) is 0. The molecule has 0 radical (unpaired) electrons. The van der Waals surface area contributed by atoms with Crippen LogP contribution in [0.4, 0.5) is 0 Å². The zero-order valence-electron chi connectivity index (χ0n) is 11.1. The molecule has 18 heavy (non-hydrogen) atoms. The van der Waals surface area contributed by atoms with Gasteiger partial charge in [-0.05, 0) is 20.3 Å². The Morgan fingerprint density at radius 1 is 1.56 bits per heavy atom. The van der Waals surface area contributed by atoms with Crippen LogP contribution in [0.5, 0.6) is 0 Å². The highest BCUT2D eigenvalue weighted by Gasteiger charge is 2.65. The zero-order chi connectivity index (χ0) is 13.6. The first-order valence-corrected chi connectivity index (χ1v) is 6.12. The number of methoxy groups -OCH3 is 1. The van der Waals surface area contributed by atoms with Crippen molar-refractivity contribution in [2.24, 2.45) is 11.3 Å². The van der Waals surface area contributed by atoms with E-state index >= 15 is 0 Å². The Balaban J connectivity index is 2.58. The first-order chi connectivity index (χ1) is 8.40. The minimum Gasteiger partial charge on any atom is -0.467 e. The number of esters is 1. The van der Waals surface area contributed by atoms with Gasteiger partial charge in [-0.3, -0.25) is 0 Å². The molecule has 3 unspecified atom stereocenters. The molecule has 2 bridgehead atoms. The van der Waals surface area contributed by atoms with Crippen LogP contribution in [0.25, 0.3) is 0 Å². The summed E-state index contributed by atoms with van der Waals surface area (Å²) in [6.07, 6.45) is 4.42. The van der Waals surface area contributed by atoms with Gasteiger partial charge in [-0.25, -0.2) is 9.59 Å². The van der Waals surface area contributed by atoms with Gasteiger partial charge in [-0.15, -0.1) is 0 Å². The van der Waals surface area contributed by atoms with Crippen LogP contribution in [0, 0.1) is 11.3 Å². The molecule has 0 amide bonds. The Morgan fingerprint density at radius 3 is 2.72 bits per heavy atom. The number of allylic oxidation sites excluding steroid dienone is 1. The Labute approximate surface area is 107 Å². The van der Waals surface area contributed by atoms with Gasteiger partial charge in [0, 0.05) is 11.3 Å². The van der Waals surface area contributed by atoms with Crippen LogP contribution in [-0.2, 0) is 19.1 Å². The predicted octanol–water partition coefficient (Wildman–Crippen LogP) is 1.68. The predicted molar refractivity (Wildman–Crippen MR) is 65.5 cm³/mol. The van der Waals surface area contributed by atoms with E-state index in [9.17, 15) is 9.59 Å². The topological polar surface area (TPSA) is 52.6 Å². The van der Waals surface area contributed by atoms with Crippen LogP contribution >= 0.6 is 0 Å². The molecule has 4 nitrogen and oxygen atoms in total. The van der Waals surface area contributed by atoms with E-state index < -0.39 is 17.0 Å². The van der Waals surface area contributed by atoms with Gasteiger partial charge >= 0.3 is 5.97 Å². The summed E-state index contributed by atoms with van der Waals surface area (Å²) >= 11 is 0. The highest BCUT2D eigenvalue weighted by Crippen LogP contribution is 2.59. The lowest BCUT2D eigenvalue weighted by Gasteiger charge is -2.36. The fourth-order valence-electron chi connectivity index (χ4n) is 3.16. The summed E-state index contributed by atoms with van der Waals surface area (Å²) in [6, 6.07) is 0. The summed E-state index contributed by atoms with van der Waals surface area (Å²) in [7, 11) is 1.31. The van der Waals surface area contributed by atoms with Gasteiger partial charge in [0.2, 0.25) is 5.60 Å². The van der Waals surface area contributed by atoms with E-state index in [1.54, 1.807) is 0 Å². The lowest BCUT2D eigenvalue weighted by atomic mass is 9.78. The third-order valence-electron chi connectivity index (χ3n) is 3.82. The molecule has 0 aliphatic heterocycles. The SMILES string of the molecule is COC(=O)C1(OC(C)C)C(=C=O)C2(C)C=CC1C2. The number of hydrogen-bond donors (Lipinski definition) is 0. The Morgan fingerprint density at radius 2 is 2.22 bits per heavy atom. The second-order valence-electron chi connectivity index (χ2n) is 5.46. The van der Waals surface area contributed by atoms with Gasteiger partial charge in [-0.2, -0.15) is 0 Å². The summed E-state index contributed by atoms with van der Waals surface area (Å²) < 4.78 is 10.7. The Hall–Kier alpha value is -1.38. The molecule has 2 aliphatic rings. The second kappa shape index (κ2) is 4.08. The summed E-state index contributed by atoms with van der Waals surface area (Å²) in [6.45, 7) is 5.61. The zero-order valence-corrected chi connectivity index (χ0v) is 11.1. The van der Waals surface area contributed by atoms with E-state index in [0.717, 1.165) is 0 Å². The first-order valence-electron chi connectivity index (χ1n) is 6.12. The van der Waals surface area contributed by atoms with Gasteiger partial charge < -0.3 is 9.47 Å². The molecule has 0 saturated heterocycles. The maximum atomic E-state index is 12.2. The van der Waals surface area contributed by atoms with Crippen molar-refractivity contribution in [1.82, 2.24) is 0 Å². The van der Waals surface area contributed by atoms with Crippen molar-refractivity contribution in [3.05, 3.63) is 17.7 Å².